The lowest BCUT2D eigenvalue weighted by molar-refractivity contribution is 1.13. The van der Waals surface area contributed by atoms with E-state index in [1.54, 1.807) is 0 Å². The summed E-state index contributed by atoms with van der Waals surface area (Å²) < 4.78 is 0. The van der Waals surface area contributed by atoms with Crippen LogP contribution in [-0.4, -0.2) is 0 Å². The van der Waals surface area contributed by atoms with Gasteiger partial charge >= 0.3 is 0 Å². The van der Waals surface area contributed by atoms with E-state index >= 15 is 0 Å². The maximum Gasteiger partial charge on any atom is 0.0231 e. The van der Waals surface area contributed by atoms with E-state index in [-0.39, 0.29) is 0 Å². The van der Waals surface area contributed by atoms with Crippen molar-refractivity contribution in [2.45, 2.75) is 24.0 Å². The van der Waals surface area contributed by atoms with E-state index in [4.69, 9.17) is 0 Å². The first-order valence-electron chi connectivity index (χ1n) is 5.64. The van der Waals surface area contributed by atoms with Crippen LogP contribution >= 0.6 is 11.8 Å². The van der Waals surface area contributed by atoms with Crippen LogP contribution in [0.5, 0.6) is 0 Å². The summed E-state index contributed by atoms with van der Waals surface area (Å²) in [5.74, 6) is 1.05. The second-order valence-corrected chi connectivity index (χ2v) is 4.82. The quantitative estimate of drug-likeness (QED) is 0.692. The van der Waals surface area contributed by atoms with Gasteiger partial charge < -0.3 is 0 Å². The average molecular weight is 228 g/mol. The van der Waals surface area contributed by atoms with Crippen molar-refractivity contribution < 1.29 is 0 Å². The van der Waals surface area contributed by atoms with Crippen LogP contribution in [0.1, 0.15) is 18.1 Å². The van der Waals surface area contributed by atoms with E-state index in [9.17, 15) is 0 Å². The Morgan fingerprint density at radius 1 is 0.812 bits per heavy atom. The Bertz CT molecular complexity index is 417. The highest BCUT2D eigenvalue weighted by molar-refractivity contribution is 7.98. The Labute approximate surface area is 102 Å². The smallest absolute Gasteiger partial charge is 0.0231 e. The molecule has 82 valence electrons. The summed E-state index contributed by atoms with van der Waals surface area (Å²) in [7, 11) is 0. The molecule has 0 atom stereocenters. The van der Waals surface area contributed by atoms with Gasteiger partial charge in [-0.3, -0.25) is 0 Å². The molecule has 0 heterocycles. The standard InChI is InChI=1S/C15H16S/c1-2-13-8-10-14(11-9-13)12-16-15-6-4-3-5-7-15/h3-11H,2,12H2,1H3. The van der Waals surface area contributed by atoms with Gasteiger partial charge in [-0.1, -0.05) is 49.4 Å². The molecule has 0 aliphatic heterocycles. The molecule has 16 heavy (non-hydrogen) atoms. The van der Waals surface area contributed by atoms with Gasteiger partial charge in [0.25, 0.3) is 0 Å². The second kappa shape index (κ2) is 5.76. The van der Waals surface area contributed by atoms with Crippen molar-refractivity contribution in [3.8, 4) is 0 Å². The molecule has 0 aromatic heterocycles. The van der Waals surface area contributed by atoms with Gasteiger partial charge in [-0.05, 0) is 29.7 Å². The van der Waals surface area contributed by atoms with E-state index in [0.29, 0.717) is 0 Å². The predicted molar refractivity (Wildman–Crippen MR) is 71.8 cm³/mol. The van der Waals surface area contributed by atoms with Gasteiger partial charge in [-0.25, -0.2) is 0 Å². The first-order chi connectivity index (χ1) is 7.88. The third-order valence-electron chi connectivity index (χ3n) is 2.58. The highest BCUT2D eigenvalue weighted by Gasteiger charge is 1.95. The van der Waals surface area contributed by atoms with Gasteiger partial charge in [-0.15, -0.1) is 11.8 Å². The molecule has 0 amide bonds. The van der Waals surface area contributed by atoms with Crippen molar-refractivity contribution in [1.29, 1.82) is 0 Å². The first kappa shape index (κ1) is 11.3. The highest BCUT2D eigenvalue weighted by atomic mass is 32.2. The van der Waals surface area contributed by atoms with Crippen LogP contribution in [-0.2, 0) is 12.2 Å². The Kier molecular flexibility index (Phi) is 4.06. The molecular weight excluding hydrogens is 212 g/mol. The van der Waals surface area contributed by atoms with E-state index in [1.807, 2.05) is 11.8 Å². The van der Waals surface area contributed by atoms with Crippen LogP contribution in [0.15, 0.2) is 59.5 Å². The third-order valence-corrected chi connectivity index (χ3v) is 3.66. The molecule has 0 nitrogen and oxygen atoms in total. The maximum absolute atomic E-state index is 2.23. The van der Waals surface area contributed by atoms with Gasteiger partial charge in [0.2, 0.25) is 0 Å². The van der Waals surface area contributed by atoms with Gasteiger partial charge in [0.1, 0.15) is 0 Å². The SMILES string of the molecule is CCc1ccc(CSc2ccccc2)cc1. The summed E-state index contributed by atoms with van der Waals surface area (Å²) in [6, 6.07) is 19.5. The fraction of sp³-hybridized carbons (Fsp3) is 0.200. The Balaban J connectivity index is 1.94. The molecule has 2 aromatic carbocycles. The normalized spacial score (nSPS) is 10.3. The number of hydrogen-bond acceptors (Lipinski definition) is 1. The minimum absolute atomic E-state index is 1.05. The summed E-state index contributed by atoms with van der Waals surface area (Å²) in [5.41, 5.74) is 2.81. The largest absolute Gasteiger partial charge is 0.121 e. The molecule has 0 saturated heterocycles. The van der Waals surface area contributed by atoms with Crippen molar-refractivity contribution >= 4 is 11.8 Å². The van der Waals surface area contributed by atoms with Crippen molar-refractivity contribution in [2.24, 2.45) is 0 Å². The average Bonchev–Trinajstić information content (AvgIpc) is 2.38. The molecule has 0 saturated carbocycles. The van der Waals surface area contributed by atoms with Crippen LogP contribution in [0.25, 0.3) is 0 Å². The maximum atomic E-state index is 2.23. The van der Waals surface area contributed by atoms with Crippen molar-refractivity contribution in [1.82, 2.24) is 0 Å². The Hall–Kier alpha value is -1.21. The molecule has 0 unspecified atom stereocenters. The molecule has 0 aliphatic carbocycles. The zero-order valence-corrected chi connectivity index (χ0v) is 10.3. The lowest BCUT2D eigenvalue weighted by atomic mass is 10.1. The van der Waals surface area contributed by atoms with E-state index in [2.05, 4.69) is 61.5 Å². The third kappa shape index (κ3) is 3.14. The summed E-state index contributed by atoms with van der Waals surface area (Å²) >= 11 is 1.89. The van der Waals surface area contributed by atoms with E-state index < -0.39 is 0 Å². The van der Waals surface area contributed by atoms with Gasteiger partial charge in [0.05, 0.1) is 0 Å². The lowest BCUT2D eigenvalue weighted by Gasteiger charge is -2.03. The number of aryl methyl sites for hydroxylation is 1. The summed E-state index contributed by atoms with van der Waals surface area (Å²) in [4.78, 5) is 1.34. The van der Waals surface area contributed by atoms with Crippen molar-refractivity contribution in [2.75, 3.05) is 0 Å². The molecule has 0 radical (unpaired) electrons. The summed E-state index contributed by atoms with van der Waals surface area (Å²) in [6.45, 7) is 2.19. The minimum Gasteiger partial charge on any atom is -0.121 e. The molecule has 2 rings (SSSR count). The molecule has 0 fully saturated rings. The van der Waals surface area contributed by atoms with E-state index in [0.717, 1.165) is 12.2 Å². The summed E-state index contributed by atoms with van der Waals surface area (Å²) in [5, 5.41) is 0. The first-order valence-corrected chi connectivity index (χ1v) is 6.62. The van der Waals surface area contributed by atoms with Crippen molar-refractivity contribution in [3.05, 3.63) is 65.7 Å². The van der Waals surface area contributed by atoms with Crippen LogP contribution in [0.4, 0.5) is 0 Å². The van der Waals surface area contributed by atoms with Crippen LogP contribution in [0.2, 0.25) is 0 Å². The Morgan fingerprint density at radius 3 is 2.06 bits per heavy atom. The molecular formula is C15H16S. The lowest BCUT2D eigenvalue weighted by Crippen LogP contribution is -1.83. The number of rotatable bonds is 4. The topological polar surface area (TPSA) is 0 Å². The zero-order chi connectivity index (χ0) is 11.2. The fourth-order valence-corrected chi connectivity index (χ4v) is 2.43. The van der Waals surface area contributed by atoms with E-state index in [1.165, 1.54) is 16.0 Å². The van der Waals surface area contributed by atoms with Crippen LogP contribution in [0.3, 0.4) is 0 Å². The number of thioether (sulfide) groups is 1. The molecule has 1 heteroatoms. The van der Waals surface area contributed by atoms with Gasteiger partial charge in [-0.2, -0.15) is 0 Å². The van der Waals surface area contributed by atoms with Crippen molar-refractivity contribution in [3.63, 3.8) is 0 Å². The predicted octanol–water partition coefficient (Wildman–Crippen LogP) is 4.54. The molecule has 0 N–H and O–H groups in total. The molecule has 2 aromatic rings. The van der Waals surface area contributed by atoms with Crippen LogP contribution < -0.4 is 0 Å². The number of benzene rings is 2. The second-order valence-electron chi connectivity index (χ2n) is 3.77. The fourth-order valence-electron chi connectivity index (χ4n) is 1.55. The number of hydrogen-bond donors (Lipinski definition) is 0. The molecule has 0 bridgehead atoms. The monoisotopic (exact) mass is 228 g/mol. The van der Waals surface area contributed by atoms with Crippen LogP contribution in [0, 0.1) is 0 Å². The Morgan fingerprint density at radius 2 is 1.44 bits per heavy atom. The molecule has 0 aliphatic rings. The van der Waals surface area contributed by atoms with Gasteiger partial charge in [0, 0.05) is 10.6 Å². The molecule has 0 spiro atoms. The highest BCUT2D eigenvalue weighted by Crippen LogP contribution is 2.22. The summed E-state index contributed by atoms with van der Waals surface area (Å²) in [6.07, 6.45) is 1.12. The minimum atomic E-state index is 1.05. The zero-order valence-electron chi connectivity index (χ0n) is 9.52. The van der Waals surface area contributed by atoms with Gasteiger partial charge in [0.15, 0.2) is 0 Å².